The molecule has 170 valence electrons. The third kappa shape index (κ3) is 3.84. The molecule has 0 aliphatic carbocycles. The number of hydrogen-bond acceptors (Lipinski definition) is 7. The van der Waals surface area contributed by atoms with Crippen molar-refractivity contribution in [3.8, 4) is 11.5 Å². The highest BCUT2D eigenvalue weighted by molar-refractivity contribution is 6.28. The van der Waals surface area contributed by atoms with E-state index in [-0.39, 0.29) is 16.9 Å². The van der Waals surface area contributed by atoms with Crippen molar-refractivity contribution in [1.29, 1.82) is 0 Å². The summed E-state index contributed by atoms with van der Waals surface area (Å²) >= 11 is 6.25. The van der Waals surface area contributed by atoms with Gasteiger partial charge >= 0.3 is 0 Å². The minimum atomic E-state index is 0.00881. The first-order chi connectivity index (χ1) is 16.0. The molecule has 1 fully saturated rings. The Kier molecular flexibility index (Phi) is 5.54. The number of nitrogens with zero attached hydrogens (tertiary/aromatic N) is 5. The van der Waals surface area contributed by atoms with Crippen LogP contribution in [0.25, 0.3) is 21.8 Å². The minimum absolute atomic E-state index is 0.00881. The van der Waals surface area contributed by atoms with Gasteiger partial charge in [-0.2, -0.15) is 4.98 Å². The molecule has 8 nitrogen and oxygen atoms in total. The van der Waals surface area contributed by atoms with Crippen molar-refractivity contribution in [2.75, 3.05) is 32.2 Å². The fourth-order valence-electron chi connectivity index (χ4n) is 4.52. The van der Waals surface area contributed by atoms with Gasteiger partial charge in [0.05, 0.1) is 37.0 Å². The van der Waals surface area contributed by atoms with Gasteiger partial charge in [-0.25, -0.2) is 9.97 Å². The van der Waals surface area contributed by atoms with Gasteiger partial charge in [0, 0.05) is 30.6 Å². The summed E-state index contributed by atoms with van der Waals surface area (Å²) in [6.45, 7) is 3.43. The summed E-state index contributed by atoms with van der Waals surface area (Å²) in [7, 11) is 3.19. The van der Waals surface area contributed by atoms with E-state index in [0.717, 1.165) is 48.2 Å². The molecule has 1 aliphatic rings. The molecule has 2 aromatic carbocycles. The summed E-state index contributed by atoms with van der Waals surface area (Å²) in [5.74, 6) is 1.95. The highest BCUT2D eigenvalue weighted by Crippen LogP contribution is 2.37. The topological polar surface area (TPSA) is 82.4 Å². The zero-order valence-corrected chi connectivity index (χ0v) is 19.5. The molecule has 0 amide bonds. The maximum Gasteiger partial charge on any atom is 0.261 e. The van der Waals surface area contributed by atoms with Crippen LogP contribution in [0.2, 0.25) is 5.28 Å². The molecule has 9 heteroatoms. The fraction of sp³-hybridized carbons (Fsp3) is 0.333. The molecule has 33 heavy (non-hydrogen) atoms. The second-order valence-corrected chi connectivity index (χ2v) is 8.57. The molecule has 0 unspecified atom stereocenters. The largest absolute Gasteiger partial charge is 0.493 e. The van der Waals surface area contributed by atoms with Gasteiger partial charge in [-0.15, -0.1) is 0 Å². The van der Waals surface area contributed by atoms with Crippen molar-refractivity contribution in [2.45, 2.75) is 25.8 Å². The second kappa shape index (κ2) is 8.51. The number of hydrogen-bond donors (Lipinski definition) is 0. The zero-order valence-electron chi connectivity index (χ0n) is 18.7. The Labute approximate surface area is 195 Å². The van der Waals surface area contributed by atoms with E-state index in [0.29, 0.717) is 22.4 Å². The number of fused-ring (bicyclic) bond motifs is 2. The molecular weight excluding hydrogens is 442 g/mol. The van der Waals surface area contributed by atoms with Gasteiger partial charge in [-0.05, 0) is 49.6 Å². The van der Waals surface area contributed by atoms with Crippen LogP contribution in [0.3, 0.4) is 0 Å². The smallest absolute Gasteiger partial charge is 0.261 e. The number of benzene rings is 2. The number of halogens is 1. The van der Waals surface area contributed by atoms with E-state index >= 15 is 0 Å². The first kappa shape index (κ1) is 21.5. The van der Waals surface area contributed by atoms with Gasteiger partial charge in [0.2, 0.25) is 5.28 Å². The number of aromatic nitrogens is 4. The molecule has 0 saturated carbocycles. The van der Waals surface area contributed by atoms with E-state index in [2.05, 4.69) is 19.9 Å². The molecular formula is C24H24ClN5O3. The van der Waals surface area contributed by atoms with Crippen LogP contribution in [0, 0.1) is 6.92 Å². The van der Waals surface area contributed by atoms with Gasteiger partial charge < -0.3 is 14.4 Å². The van der Waals surface area contributed by atoms with Gasteiger partial charge in [-0.3, -0.25) is 9.36 Å². The lowest BCUT2D eigenvalue weighted by atomic mass is 10.0. The Morgan fingerprint density at radius 3 is 2.42 bits per heavy atom. The molecule has 2 aromatic heterocycles. The Balaban J connectivity index is 1.45. The van der Waals surface area contributed by atoms with Crippen LogP contribution in [0.4, 0.5) is 5.82 Å². The van der Waals surface area contributed by atoms with Crippen LogP contribution in [0.15, 0.2) is 41.5 Å². The van der Waals surface area contributed by atoms with Gasteiger partial charge in [0.1, 0.15) is 5.82 Å². The van der Waals surface area contributed by atoms with Gasteiger partial charge in [-0.1, -0.05) is 11.6 Å². The number of methoxy groups -OCH3 is 2. The molecule has 0 spiro atoms. The van der Waals surface area contributed by atoms with Crippen LogP contribution < -0.4 is 19.9 Å². The third-order valence-corrected chi connectivity index (χ3v) is 6.42. The number of ether oxygens (including phenoxy) is 2. The molecule has 0 N–H and O–H groups in total. The van der Waals surface area contributed by atoms with Crippen molar-refractivity contribution in [1.82, 2.24) is 19.5 Å². The third-order valence-electron chi connectivity index (χ3n) is 6.25. The summed E-state index contributed by atoms with van der Waals surface area (Å²) in [6.07, 6.45) is 3.25. The van der Waals surface area contributed by atoms with Gasteiger partial charge in [0.25, 0.3) is 5.56 Å². The average molecular weight is 466 g/mol. The second-order valence-electron chi connectivity index (χ2n) is 8.24. The molecule has 5 rings (SSSR count). The Morgan fingerprint density at radius 1 is 0.970 bits per heavy atom. The summed E-state index contributed by atoms with van der Waals surface area (Å²) in [6, 6.07) is 9.54. The lowest BCUT2D eigenvalue weighted by Gasteiger charge is -2.34. The first-order valence-corrected chi connectivity index (χ1v) is 11.2. The van der Waals surface area contributed by atoms with Crippen LogP contribution >= 0.6 is 11.6 Å². The molecule has 3 heterocycles. The molecule has 0 atom stereocenters. The quantitative estimate of drug-likeness (QED) is 0.418. The number of rotatable bonds is 4. The van der Waals surface area contributed by atoms with Crippen LogP contribution in [0.5, 0.6) is 11.5 Å². The first-order valence-electron chi connectivity index (χ1n) is 10.8. The molecule has 1 saturated heterocycles. The van der Waals surface area contributed by atoms with Crippen LogP contribution in [-0.2, 0) is 0 Å². The fourth-order valence-corrected chi connectivity index (χ4v) is 4.69. The van der Waals surface area contributed by atoms with Crippen molar-refractivity contribution in [3.63, 3.8) is 0 Å². The highest BCUT2D eigenvalue weighted by atomic mass is 35.5. The number of anilines is 1. The molecule has 4 aromatic rings. The summed E-state index contributed by atoms with van der Waals surface area (Å²) in [5.41, 5.74) is 2.48. The van der Waals surface area contributed by atoms with Gasteiger partial charge in [0.15, 0.2) is 11.5 Å². The average Bonchev–Trinajstić information content (AvgIpc) is 2.83. The monoisotopic (exact) mass is 465 g/mol. The Hall–Kier alpha value is -3.39. The lowest BCUT2D eigenvalue weighted by Crippen LogP contribution is -2.38. The predicted molar refractivity (Wildman–Crippen MR) is 129 cm³/mol. The summed E-state index contributed by atoms with van der Waals surface area (Å²) in [5, 5.41) is 1.68. The van der Waals surface area contributed by atoms with E-state index in [4.69, 9.17) is 21.1 Å². The number of piperidine rings is 1. The van der Waals surface area contributed by atoms with Crippen LogP contribution in [0.1, 0.15) is 24.4 Å². The van der Waals surface area contributed by atoms with Crippen molar-refractivity contribution < 1.29 is 9.47 Å². The van der Waals surface area contributed by atoms with Crippen molar-refractivity contribution in [3.05, 3.63) is 57.9 Å². The normalized spacial score (nSPS) is 14.7. The number of aryl methyl sites for hydroxylation is 1. The Morgan fingerprint density at radius 2 is 1.70 bits per heavy atom. The summed E-state index contributed by atoms with van der Waals surface area (Å²) in [4.78, 5) is 28.7. The van der Waals surface area contributed by atoms with E-state index in [1.165, 1.54) is 0 Å². The van der Waals surface area contributed by atoms with Crippen LogP contribution in [-0.4, -0.2) is 46.8 Å². The van der Waals surface area contributed by atoms with E-state index in [1.54, 1.807) is 31.2 Å². The maximum absolute atomic E-state index is 13.1. The molecule has 1 aliphatic heterocycles. The highest BCUT2D eigenvalue weighted by Gasteiger charge is 2.25. The van der Waals surface area contributed by atoms with E-state index in [9.17, 15) is 4.79 Å². The Bertz CT molecular complexity index is 1410. The predicted octanol–water partition coefficient (Wildman–Crippen LogP) is 4.16. The van der Waals surface area contributed by atoms with E-state index in [1.807, 2.05) is 31.2 Å². The van der Waals surface area contributed by atoms with Crippen molar-refractivity contribution in [2.24, 2.45) is 0 Å². The zero-order chi connectivity index (χ0) is 23.1. The minimum Gasteiger partial charge on any atom is -0.493 e. The van der Waals surface area contributed by atoms with E-state index < -0.39 is 0 Å². The molecule has 0 radical (unpaired) electrons. The lowest BCUT2D eigenvalue weighted by molar-refractivity contribution is 0.355. The summed E-state index contributed by atoms with van der Waals surface area (Å²) < 4.78 is 12.6. The standard InChI is InChI=1S/C24H24ClN5O3/c1-14-4-5-18-17(10-14)23(31)30(13-26-18)15-6-8-29(9-7-15)22-16-11-20(32-2)21(33-3)12-19(16)27-24(25)28-22/h4-5,10-13,15H,6-9H2,1-3H3. The van der Waals surface area contributed by atoms with Crippen molar-refractivity contribution >= 4 is 39.2 Å². The SMILES string of the molecule is COc1cc2nc(Cl)nc(N3CCC(n4cnc5ccc(C)cc5c4=O)CC3)c2cc1OC. The molecule has 0 bridgehead atoms. The maximum atomic E-state index is 13.1.